The lowest BCUT2D eigenvalue weighted by Gasteiger charge is -2.30. The fourth-order valence-corrected chi connectivity index (χ4v) is 3.65. The number of benzene rings is 1. The normalized spacial score (nSPS) is 13.1. The Morgan fingerprint density at radius 1 is 1.19 bits per heavy atom. The largest absolute Gasteiger partial charge is 0.496 e. The lowest BCUT2D eigenvalue weighted by Crippen LogP contribution is -2.43. The van der Waals surface area contributed by atoms with Crippen LogP contribution in [0.1, 0.15) is 33.1 Å². The highest BCUT2D eigenvalue weighted by Gasteiger charge is 2.28. The topological polar surface area (TPSA) is 94.3 Å². The Bertz CT molecular complexity index is 1110. The van der Waals surface area contributed by atoms with Gasteiger partial charge in [-0.2, -0.15) is 5.10 Å². The first-order valence-electron chi connectivity index (χ1n) is 10.2. The van der Waals surface area contributed by atoms with Crippen LogP contribution in [0.4, 0.5) is 0 Å². The van der Waals surface area contributed by atoms with Gasteiger partial charge in [0.15, 0.2) is 0 Å². The molecule has 4 rings (SSSR count). The third-order valence-electron chi connectivity index (χ3n) is 5.52. The molecule has 0 unspecified atom stereocenters. The van der Waals surface area contributed by atoms with Crippen molar-refractivity contribution in [3.63, 3.8) is 0 Å². The molecule has 162 valence electrons. The second-order valence-electron chi connectivity index (χ2n) is 7.54. The molecular formula is C22H26N6O3. The van der Waals surface area contributed by atoms with Crippen LogP contribution >= 0.6 is 0 Å². The molecule has 1 aromatic carbocycles. The van der Waals surface area contributed by atoms with E-state index in [1.165, 1.54) is 10.9 Å². The monoisotopic (exact) mass is 422 g/mol. The summed E-state index contributed by atoms with van der Waals surface area (Å²) in [5, 5.41) is 7.01. The molecule has 1 saturated heterocycles. The number of rotatable bonds is 7. The predicted molar refractivity (Wildman–Crippen MR) is 115 cm³/mol. The first-order valence-corrected chi connectivity index (χ1v) is 10.2. The van der Waals surface area contributed by atoms with Gasteiger partial charge in [0, 0.05) is 51.9 Å². The Morgan fingerprint density at radius 2 is 1.97 bits per heavy atom. The van der Waals surface area contributed by atoms with Gasteiger partial charge in [0.2, 0.25) is 0 Å². The van der Waals surface area contributed by atoms with Gasteiger partial charge in [0.25, 0.3) is 11.8 Å². The molecule has 9 heteroatoms. The van der Waals surface area contributed by atoms with Gasteiger partial charge in [0.05, 0.1) is 24.6 Å². The number of imidazole rings is 1. The summed E-state index contributed by atoms with van der Waals surface area (Å²) in [6, 6.07) is 7.73. The first-order chi connectivity index (χ1) is 15.0. The summed E-state index contributed by atoms with van der Waals surface area (Å²) < 4.78 is 8.82. The van der Waals surface area contributed by atoms with Crippen LogP contribution in [0.3, 0.4) is 0 Å². The van der Waals surface area contributed by atoms with Gasteiger partial charge in [-0.3, -0.25) is 14.3 Å². The van der Waals surface area contributed by atoms with E-state index in [1.54, 1.807) is 19.1 Å². The third-order valence-corrected chi connectivity index (χ3v) is 5.52. The number of para-hydroxylation sites is 1. The molecule has 1 aliphatic heterocycles. The molecule has 3 heterocycles. The molecule has 2 amide bonds. The summed E-state index contributed by atoms with van der Waals surface area (Å²) >= 11 is 0. The summed E-state index contributed by atoms with van der Waals surface area (Å²) in [6.07, 6.45) is 4.95. The molecule has 9 nitrogen and oxygen atoms in total. The predicted octanol–water partition coefficient (Wildman–Crippen LogP) is 1.65. The molecule has 1 fully saturated rings. The van der Waals surface area contributed by atoms with Gasteiger partial charge in [-0.05, 0) is 18.6 Å². The van der Waals surface area contributed by atoms with Crippen LogP contribution in [0.5, 0.6) is 5.75 Å². The van der Waals surface area contributed by atoms with E-state index in [2.05, 4.69) is 10.4 Å². The zero-order chi connectivity index (χ0) is 22.0. The quantitative estimate of drug-likeness (QED) is 0.625. The second kappa shape index (κ2) is 8.63. The highest BCUT2D eigenvalue weighted by molar-refractivity contribution is 6.06. The number of likely N-dealkylation sites (tertiary alicyclic amines) is 1. The van der Waals surface area contributed by atoms with Crippen LogP contribution in [-0.2, 0) is 20.5 Å². The van der Waals surface area contributed by atoms with Crippen LogP contribution in [0.15, 0.2) is 36.7 Å². The number of carbonyl (C=O) groups is 2. The minimum Gasteiger partial charge on any atom is -0.496 e. The lowest BCUT2D eigenvalue weighted by molar-refractivity contribution is 0.0647. The second-order valence-corrected chi connectivity index (χ2v) is 7.54. The summed E-state index contributed by atoms with van der Waals surface area (Å²) in [5.74, 6) is 1.14. The Hall–Kier alpha value is -3.62. The molecule has 1 aliphatic rings. The number of carbonyl (C=O) groups excluding carboxylic acids is 2. The van der Waals surface area contributed by atoms with Crippen molar-refractivity contribution in [3.05, 3.63) is 53.7 Å². The zero-order valence-electron chi connectivity index (χ0n) is 18.0. The van der Waals surface area contributed by atoms with E-state index in [0.717, 1.165) is 42.3 Å². The summed E-state index contributed by atoms with van der Waals surface area (Å²) in [4.78, 5) is 31.8. The van der Waals surface area contributed by atoms with Crippen molar-refractivity contribution < 1.29 is 14.3 Å². The average molecular weight is 422 g/mol. The molecule has 31 heavy (non-hydrogen) atoms. The van der Waals surface area contributed by atoms with Crippen molar-refractivity contribution in [2.75, 3.05) is 26.7 Å². The summed E-state index contributed by atoms with van der Waals surface area (Å²) in [7, 11) is 5.23. The number of aromatic nitrogens is 4. The van der Waals surface area contributed by atoms with Gasteiger partial charge in [-0.15, -0.1) is 0 Å². The van der Waals surface area contributed by atoms with E-state index in [1.807, 2.05) is 42.1 Å². The number of hydrogen-bond donors (Lipinski definition) is 1. The summed E-state index contributed by atoms with van der Waals surface area (Å²) in [6.45, 7) is 1.84. The average Bonchev–Trinajstić information content (AvgIpc) is 3.29. The number of hydrogen-bond acceptors (Lipinski definition) is 5. The van der Waals surface area contributed by atoms with Crippen molar-refractivity contribution in [2.45, 2.75) is 12.8 Å². The molecule has 2 aromatic heterocycles. The maximum atomic E-state index is 12.8. The molecule has 0 spiro atoms. The molecule has 1 N–H and O–H groups in total. The van der Waals surface area contributed by atoms with Gasteiger partial charge < -0.3 is 19.5 Å². The van der Waals surface area contributed by atoms with E-state index >= 15 is 0 Å². The van der Waals surface area contributed by atoms with E-state index < -0.39 is 0 Å². The van der Waals surface area contributed by atoms with Crippen LogP contribution in [0, 0.1) is 0 Å². The zero-order valence-corrected chi connectivity index (χ0v) is 18.0. The molecule has 0 atom stereocenters. The minimum atomic E-state index is -0.317. The van der Waals surface area contributed by atoms with Crippen LogP contribution in [0.2, 0.25) is 0 Å². The first kappa shape index (κ1) is 20.6. The Labute approximate surface area is 180 Å². The smallest absolute Gasteiger partial charge is 0.270 e. The lowest BCUT2D eigenvalue weighted by atomic mass is 10.1. The maximum absolute atomic E-state index is 12.8. The van der Waals surface area contributed by atoms with Crippen molar-refractivity contribution in [3.8, 4) is 17.0 Å². The number of methoxy groups -OCH3 is 1. The van der Waals surface area contributed by atoms with Crippen LogP contribution in [0.25, 0.3) is 11.3 Å². The SMILES string of the molecule is COc1ccccc1-c1cn(C)c(CCNC(=O)c2c(C(=O)N3CCC3)cnn2C)n1. The number of amides is 2. The van der Waals surface area contributed by atoms with E-state index in [-0.39, 0.29) is 17.5 Å². The Kier molecular flexibility index (Phi) is 5.75. The van der Waals surface area contributed by atoms with Crippen LogP contribution in [-0.4, -0.2) is 62.8 Å². The Morgan fingerprint density at radius 3 is 2.68 bits per heavy atom. The fraction of sp³-hybridized carbons (Fsp3) is 0.364. The minimum absolute atomic E-state index is 0.143. The molecule has 0 radical (unpaired) electrons. The number of aryl methyl sites for hydroxylation is 2. The maximum Gasteiger partial charge on any atom is 0.270 e. The van der Waals surface area contributed by atoms with E-state index in [0.29, 0.717) is 18.5 Å². The fourth-order valence-electron chi connectivity index (χ4n) is 3.65. The van der Waals surface area contributed by atoms with Gasteiger partial charge in [-0.1, -0.05) is 12.1 Å². The number of ether oxygens (including phenoxy) is 1. The van der Waals surface area contributed by atoms with Gasteiger partial charge >= 0.3 is 0 Å². The van der Waals surface area contributed by atoms with E-state index in [9.17, 15) is 9.59 Å². The van der Waals surface area contributed by atoms with Gasteiger partial charge in [0.1, 0.15) is 17.3 Å². The number of nitrogens with zero attached hydrogens (tertiary/aromatic N) is 5. The van der Waals surface area contributed by atoms with Crippen molar-refractivity contribution in [1.82, 2.24) is 29.5 Å². The summed E-state index contributed by atoms with van der Waals surface area (Å²) in [5.41, 5.74) is 2.36. The standard InChI is InChI=1S/C22H26N6O3/c1-26-14-17(15-7-4-5-8-18(15)31-3)25-19(26)9-10-23-21(29)20-16(13-24-27(20)2)22(30)28-11-6-12-28/h4-5,7-8,13-14H,6,9-12H2,1-3H3,(H,23,29). The highest BCUT2D eigenvalue weighted by atomic mass is 16.5. The van der Waals surface area contributed by atoms with Crippen molar-refractivity contribution in [1.29, 1.82) is 0 Å². The third kappa shape index (κ3) is 4.03. The number of nitrogens with one attached hydrogen (secondary N) is 1. The molecule has 0 aliphatic carbocycles. The van der Waals surface area contributed by atoms with Gasteiger partial charge in [-0.25, -0.2) is 4.98 Å². The van der Waals surface area contributed by atoms with Crippen molar-refractivity contribution in [2.24, 2.45) is 14.1 Å². The molecule has 0 bridgehead atoms. The molecule has 0 saturated carbocycles. The van der Waals surface area contributed by atoms with Crippen LogP contribution < -0.4 is 10.1 Å². The highest BCUT2D eigenvalue weighted by Crippen LogP contribution is 2.28. The molecular weight excluding hydrogens is 396 g/mol. The van der Waals surface area contributed by atoms with E-state index in [4.69, 9.17) is 9.72 Å². The Balaban J connectivity index is 1.42. The molecule has 3 aromatic rings. The van der Waals surface area contributed by atoms with Crippen molar-refractivity contribution >= 4 is 11.8 Å².